The summed E-state index contributed by atoms with van der Waals surface area (Å²) in [5.74, 6) is 0.299. The van der Waals surface area contributed by atoms with E-state index in [-0.39, 0.29) is 0 Å². The second kappa shape index (κ2) is 8.07. The summed E-state index contributed by atoms with van der Waals surface area (Å²) < 4.78 is 0. The van der Waals surface area contributed by atoms with Gasteiger partial charge < -0.3 is 5.73 Å². The van der Waals surface area contributed by atoms with Gasteiger partial charge in [-0.2, -0.15) is 5.26 Å². The van der Waals surface area contributed by atoms with Crippen molar-refractivity contribution in [3.05, 3.63) is 0 Å². The number of nitriles is 1. The van der Waals surface area contributed by atoms with Crippen LogP contribution in [0.3, 0.4) is 0 Å². The Bertz CT molecular complexity index is 149. The zero-order chi connectivity index (χ0) is 10.9. The molecule has 0 bridgehead atoms. The third-order valence-corrected chi connectivity index (χ3v) is 2.36. The summed E-state index contributed by atoms with van der Waals surface area (Å²) >= 11 is 0. The molecule has 0 heterocycles. The van der Waals surface area contributed by atoms with Crippen LogP contribution in [0, 0.1) is 17.2 Å². The summed E-state index contributed by atoms with van der Waals surface area (Å²) in [6, 6.07) is 2.21. The maximum atomic E-state index is 8.84. The molecule has 0 aliphatic heterocycles. The predicted molar refractivity (Wildman–Crippen MR) is 58.2 cm³/mol. The number of nitrogens with two attached hydrogens (primary N) is 1. The molecule has 0 radical (unpaired) electrons. The molecule has 13 heavy (non-hydrogen) atoms. The molecule has 78 valence electrons. The molecule has 0 fully saturated rings. The summed E-state index contributed by atoms with van der Waals surface area (Å²) in [5, 5.41) is 8.84. The van der Waals surface area contributed by atoms with Gasteiger partial charge in [-0.15, -0.1) is 0 Å². The lowest BCUT2D eigenvalue weighted by Gasteiger charge is -2.27. The van der Waals surface area contributed by atoms with Crippen LogP contribution < -0.4 is 5.73 Å². The summed E-state index contributed by atoms with van der Waals surface area (Å²) in [6.07, 6.45) is 2.76. The quantitative estimate of drug-likeness (QED) is 0.730. The van der Waals surface area contributed by atoms with Gasteiger partial charge in [0.1, 0.15) is 5.54 Å². The van der Waals surface area contributed by atoms with Crippen molar-refractivity contribution in [2.24, 2.45) is 11.7 Å². The Hall–Kier alpha value is -0.550. The summed E-state index contributed by atoms with van der Waals surface area (Å²) in [7, 11) is 0. The summed E-state index contributed by atoms with van der Waals surface area (Å²) in [6.45, 7) is 10.2. The van der Waals surface area contributed by atoms with E-state index in [4.69, 9.17) is 11.0 Å². The van der Waals surface area contributed by atoms with Crippen molar-refractivity contribution in [1.82, 2.24) is 0 Å². The monoisotopic (exact) mass is 184 g/mol. The van der Waals surface area contributed by atoms with E-state index in [1.54, 1.807) is 0 Å². The molecule has 2 atom stereocenters. The molecule has 2 N–H and O–H groups in total. The lowest BCUT2D eigenvalue weighted by molar-refractivity contribution is 0.334. The molecule has 0 rings (SSSR count). The predicted octanol–water partition coefficient (Wildman–Crippen LogP) is 3.08. The van der Waals surface area contributed by atoms with E-state index in [0.717, 1.165) is 19.3 Å². The maximum absolute atomic E-state index is 8.84. The van der Waals surface area contributed by atoms with E-state index in [1.807, 2.05) is 20.8 Å². The maximum Gasteiger partial charge on any atom is 0.106 e. The van der Waals surface area contributed by atoms with Crippen LogP contribution in [-0.4, -0.2) is 5.54 Å². The van der Waals surface area contributed by atoms with Crippen molar-refractivity contribution < 1.29 is 0 Å². The fraction of sp³-hybridized carbons (Fsp3) is 0.909. The van der Waals surface area contributed by atoms with E-state index in [1.165, 1.54) is 0 Å². The topological polar surface area (TPSA) is 49.8 Å². The lowest BCUT2D eigenvalue weighted by Crippen LogP contribution is -2.44. The molecule has 2 nitrogen and oxygen atoms in total. The Morgan fingerprint density at radius 1 is 1.38 bits per heavy atom. The minimum atomic E-state index is -0.594. The molecule has 2 unspecified atom stereocenters. The molecule has 0 amide bonds. The van der Waals surface area contributed by atoms with Crippen LogP contribution in [-0.2, 0) is 0 Å². The minimum Gasteiger partial charge on any atom is -0.313 e. The van der Waals surface area contributed by atoms with Gasteiger partial charge in [-0.3, -0.25) is 0 Å². The van der Waals surface area contributed by atoms with Gasteiger partial charge in [0.2, 0.25) is 0 Å². The molecule has 2 heteroatoms. The van der Waals surface area contributed by atoms with Gasteiger partial charge in [0.15, 0.2) is 0 Å². The van der Waals surface area contributed by atoms with Gasteiger partial charge in [0.05, 0.1) is 6.07 Å². The highest BCUT2D eigenvalue weighted by Gasteiger charge is 2.29. The van der Waals surface area contributed by atoms with Crippen molar-refractivity contribution in [1.29, 1.82) is 5.26 Å². The second-order valence-electron chi connectivity index (χ2n) is 3.21. The zero-order valence-corrected chi connectivity index (χ0v) is 9.72. The second-order valence-corrected chi connectivity index (χ2v) is 3.21. The number of hydrogen-bond acceptors (Lipinski definition) is 2. The molecule has 0 aromatic rings. The Labute approximate surface area is 83.1 Å². The lowest BCUT2D eigenvalue weighted by atomic mass is 9.82. The van der Waals surface area contributed by atoms with Gasteiger partial charge in [0.25, 0.3) is 0 Å². The molecular formula is C11H24N2. The summed E-state index contributed by atoms with van der Waals surface area (Å²) in [4.78, 5) is 0. The third-order valence-electron chi connectivity index (χ3n) is 2.36. The fourth-order valence-corrected chi connectivity index (χ4v) is 1.19. The molecule has 0 spiro atoms. The Morgan fingerprint density at radius 3 is 2.08 bits per heavy atom. The largest absolute Gasteiger partial charge is 0.313 e. The minimum absolute atomic E-state index is 0.299. The Morgan fingerprint density at radius 2 is 1.85 bits per heavy atom. The van der Waals surface area contributed by atoms with Crippen LogP contribution in [0.5, 0.6) is 0 Å². The zero-order valence-electron chi connectivity index (χ0n) is 9.72. The van der Waals surface area contributed by atoms with Crippen LogP contribution in [0.4, 0.5) is 0 Å². The average molecular weight is 184 g/mol. The SMILES string of the molecule is CC.CCCC(N)(C#N)C(C)CC. The first-order chi connectivity index (χ1) is 6.10. The summed E-state index contributed by atoms with van der Waals surface area (Å²) in [5.41, 5.74) is 5.31. The van der Waals surface area contributed by atoms with Crippen LogP contribution in [0.2, 0.25) is 0 Å². The standard InChI is InChI=1S/C9H18N2.C2H6/c1-4-6-9(11,7-10)8(3)5-2;1-2/h8H,4-6,11H2,1-3H3;1-2H3. The first kappa shape index (κ1) is 14.9. The van der Waals surface area contributed by atoms with Crippen molar-refractivity contribution in [2.75, 3.05) is 0 Å². The van der Waals surface area contributed by atoms with Crippen LogP contribution in [0.1, 0.15) is 53.9 Å². The molecular weight excluding hydrogens is 160 g/mol. The number of rotatable bonds is 4. The Kier molecular flexibility index (Phi) is 9.27. The van der Waals surface area contributed by atoms with Gasteiger partial charge >= 0.3 is 0 Å². The van der Waals surface area contributed by atoms with Gasteiger partial charge in [-0.05, 0) is 12.3 Å². The highest BCUT2D eigenvalue weighted by atomic mass is 14.8. The normalized spacial score (nSPS) is 16.1. The highest BCUT2D eigenvalue weighted by molar-refractivity contribution is 5.06. The highest BCUT2D eigenvalue weighted by Crippen LogP contribution is 2.21. The third kappa shape index (κ3) is 4.90. The number of nitrogens with zero attached hydrogens (tertiary/aromatic N) is 1. The van der Waals surface area contributed by atoms with Crippen molar-refractivity contribution in [2.45, 2.75) is 59.4 Å². The fourth-order valence-electron chi connectivity index (χ4n) is 1.19. The number of hydrogen-bond donors (Lipinski definition) is 1. The van der Waals surface area contributed by atoms with Crippen LogP contribution in [0.25, 0.3) is 0 Å². The van der Waals surface area contributed by atoms with E-state index in [2.05, 4.69) is 19.9 Å². The molecule has 0 aromatic heterocycles. The molecule has 0 saturated heterocycles. The smallest absolute Gasteiger partial charge is 0.106 e. The molecule has 0 aromatic carbocycles. The van der Waals surface area contributed by atoms with E-state index < -0.39 is 5.54 Å². The molecule has 0 saturated carbocycles. The van der Waals surface area contributed by atoms with Crippen molar-refractivity contribution >= 4 is 0 Å². The van der Waals surface area contributed by atoms with Crippen molar-refractivity contribution in [3.8, 4) is 6.07 Å². The van der Waals surface area contributed by atoms with E-state index in [0.29, 0.717) is 5.92 Å². The van der Waals surface area contributed by atoms with Crippen molar-refractivity contribution in [3.63, 3.8) is 0 Å². The van der Waals surface area contributed by atoms with Gasteiger partial charge in [0, 0.05) is 0 Å². The molecule has 0 aliphatic carbocycles. The van der Waals surface area contributed by atoms with E-state index in [9.17, 15) is 0 Å². The van der Waals surface area contributed by atoms with Gasteiger partial charge in [-0.25, -0.2) is 0 Å². The first-order valence-electron chi connectivity index (χ1n) is 5.30. The average Bonchev–Trinajstić information content (AvgIpc) is 2.19. The van der Waals surface area contributed by atoms with E-state index >= 15 is 0 Å². The molecule has 0 aliphatic rings. The van der Waals surface area contributed by atoms with Crippen LogP contribution >= 0.6 is 0 Å². The Balaban J connectivity index is 0. The first-order valence-corrected chi connectivity index (χ1v) is 5.30. The van der Waals surface area contributed by atoms with Gasteiger partial charge in [-0.1, -0.05) is 47.5 Å². The van der Waals surface area contributed by atoms with Crippen LogP contribution in [0.15, 0.2) is 0 Å².